The molecule has 0 spiro atoms. The third-order valence-corrected chi connectivity index (χ3v) is 6.22. The predicted molar refractivity (Wildman–Crippen MR) is 135 cm³/mol. The highest BCUT2D eigenvalue weighted by molar-refractivity contribution is 5.94. The van der Waals surface area contributed by atoms with Crippen LogP contribution in [0.15, 0.2) is 67.0 Å². The van der Waals surface area contributed by atoms with Gasteiger partial charge >= 0.3 is 0 Å². The van der Waals surface area contributed by atoms with Gasteiger partial charge in [-0.25, -0.2) is 14.1 Å². The van der Waals surface area contributed by atoms with E-state index in [1.54, 1.807) is 35.3 Å². The second-order valence-corrected chi connectivity index (χ2v) is 8.77. The van der Waals surface area contributed by atoms with Crippen LogP contribution in [0, 0.1) is 5.82 Å². The van der Waals surface area contributed by atoms with Crippen LogP contribution in [0.4, 0.5) is 15.8 Å². The number of benzene rings is 2. The van der Waals surface area contributed by atoms with E-state index in [1.807, 2.05) is 24.3 Å². The molecule has 0 saturated carbocycles. The van der Waals surface area contributed by atoms with Crippen molar-refractivity contribution in [2.24, 2.45) is 0 Å². The molecule has 0 unspecified atom stereocenters. The molecule has 3 heterocycles. The van der Waals surface area contributed by atoms with E-state index in [9.17, 15) is 9.18 Å². The van der Waals surface area contributed by atoms with Crippen molar-refractivity contribution in [3.05, 3.63) is 78.4 Å². The molecule has 0 radical (unpaired) electrons. The van der Waals surface area contributed by atoms with Gasteiger partial charge < -0.3 is 15.5 Å². The van der Waals surface area contributed by atoms with Crippen molar-refractivity contribution in [1.29, 1.82) is 0 Å². The Morgan fingerprint density at radius 1 is 1.03 bits per heavy atom. The molecule has 8 nitrogen and oxygen atoms in total. The van der Waals surface area contributed by atoms with Crippen LogP contribution in [0.2, 0.25) is 0 Å². The Morgan fingerprint density at radius 2 is 1.86 bits per heavy atom. The summed E-state index contributed by atoms with van der Waals surface area (Å²) >= 11 is 0. The van der Waals surface area contributed by atoms with Gasteiger partial charge in [0.15, 0.2) is 5.82 Å². The zero-order valence-corrected chi connectivity index (χ0v) is 19.6. The van der Waals surface area contributed by atoms with Crippen LogP contribution in [-0.2, 0) is 0 Å². The monoisotopic (exact) mass is 473 g/mol. The second kappa shape index (κ2) is 10.2. The van der Waals surface area contributed by atoms with Crippen LogP contribution >= 0.6 is 0 Å². The van der Waals surface area contributed by atoms with Crippen molar-refractivity contribution < 1.29 is 9.18 Å². The van der Waals surface area contributed by atoms with Crippen LogP contribution in [0.3, 0.4) is 0 Å². The molecular weight excluding hydrogens is 445 g/mol. The quantitative estimate of drug-likeness (QED) is 0.429. The Labute approximate surface area is 203 Å². The summed E-state index contributed by atoms with van der Waals surface area (Å²) in [7, 11) is 2.13. The molecule has 0 atom stereocenters. The van der Waals surface area contributed by atoms with Crippen molar-refractivity contribution in [3.63, 3.8) is 0 Å². The highest BCUT2D eigenvalue weighted by Crippen LogP contribution is 2.24. The molecule has 2 N–H and O–H groups in total. The fourth-order valence-electron chi connectivity index (χ4n) is 4.20. The lowest BCUT2D eigenvalue weighted by Crippen LogP contribution is -2.46. The van der Waals surface area contributed by atoms with E-state index in [0.717, 1.165) is 49.3 Å². The van der Waals surface area contributed by atoms with E-state index >= 15 is 0 Å². The number of anilines is 2. The first-order chi connectivity index (χ1) is 17.0. The van der Waals surface area contributed by atoms with E-state index in [0.29, 0.717) is 23.6 Å². The fraction of sp³-hybridized carbons (Fsp3) is 0.269. The Bertz CT molecular complexity index is 1330. The molecular formula is C26H28FN7O. The molecule has 5 rings (SSSR count). The number of amides is 1. The van der Waals surface area contributed by atoms with Gasteiger partial charge in [-0.15, -0.1) is 0 Å². The minimum atomic E-state index is -0.293. The number of carbonyl (C=O) groups excluding carboxylic acids is 1. The fourth-order valence-corrected chi connectivity index (χ4v) is 4.20. The van der Waals surface area contributed by atoms with Crippen LogP contribution < -0.4 is 10.6 Å². The normalized spacial score (nSPS) is 14.8. The van der Waals surface area contributed by atoms with E-state index < -0.39 is 0 Å². The lowest BCUT2D eigenvalue weighted by molar-refractivity contribution is 0.0941. The molecule has 1 fully saturated rings. The van der Waals surface area contributed by atoms with E-state index in [2.05, 4.69) is 37.6 Å². The average molecular weight is 474 g/mol. The predicted octanol–water partition coefficient (Wildman–Crippen LogP) is 3.28. The maximum atomic E-state index is 13.5. The first-order valence-corrected chi connectivity index (χ1v) is 11.7. The maximum absolute atomic E-state index is 13.5. The Balaban J connectivity index is 1.26. The molecule has 1 amide bonds. The number of fused-ring (bicyclic) bond motifs is 1. The van der Waals surface area contributed by atoms with E-state index in [4.69, 9.17) is 0 Å². The highest BCUT2D eigenvalue weighted by atomic mass is 19.1. The van der Waals surface area contributed by atoms with E-state index in [-0.39, 0.29) is 11.7 Å². The van der Waals surface area contributed by atoms with E-state index in [1.165, 1.54) is 12.1 Å². The smallest absolute Gasteiger partial charge is 0.251 e. The lowest BCUT2D eigenvalue weighted by atomic mass is 10.2. The van der Waals surface area contributed by atoms with Gasteiger partial charge in [0.25, 0.3) is 5.91 Å². The zero-order chi connectivity index (χ0) is 24.2. The minimum absolute atomic E-state index is 0.124. The standard InChI is InChI=1S/C26H28FN7O/c1-32-11-13-33(14-12-32)10-9-29-26(35)19-7-8-28-25(16-19)34-24-6-5-23(15-20(24)18-30-34)31-22-4-2-3-21(27)17-22/h2-8,15-18,31H,9-14H2,1H3,(H,29,35). The molecule has 2 aromatic carbocycles. The molecule has 1 saturated heterocycles. The number of piperazine rings is 1. The summed E-state index contributed by atoms with van der Waals surface area (Å²) < 4.78 is 15.2. The molecule has 0 bridgehead atoms. The van der Waals surface area contributed by atoms with Gasteiger partial charge in [0, 0.05) is 67.8 Å². The number of nitrogens with one attached hydrogen (secondary N) is 2. The number of hydrogen-bond acceptors (Lipinski definition) is 6. The first-order valence-electron chi connectivity index (χ1n) is 11.7. The largest absolute Gasteiger partial charge is 0.355 e. The van der Waals surface area contributed by atoms with Crippen molar-refractivity contribution in [2.75, 3.05) is 51.6 Å². The number of halogens is 1. The highest BCUT2D eigenvalue weighted by Gasteiger charge is 2.15. The number of aromatic nitrogens is 3. The first kappa shape index (κ1) is 22.9. The number of rotatable bonds is 7. The van der Waals surface area contributed by atoms with Crippen LogP contribution in [0.5, 0.6) is 0 Å². The SMILES string of the molecule is CN1CCN(CCNC(=O)c2ccnc(-n3ncc4cc(Nc5cccc(F)c5)ccc43)c2)CC1. The second-order valence-electron chi connectivity index (χ2n) is 8.77. The number of nitrogens with zero attached hydrogens (tertiary/aromatic N) is 5. The third kappa shape index (κ3) is 5.47. The van der Waals surface area contributed by atoms with Crippen LogP contribution in [0.1, 0.15) is 10.4 Å². The Kier molecular flexibility index (Phi) is 6.69. The van der Waals surface area contributed by atoms with Gasteiger partial charge in [-0.2, -0.15) is 5.10 Å². The summed E-state index contributed by atoms with van der Waals surface area (Å²) in [6.07, 6.45) is 3.37. The maximum Gasteiger partial charge on any atom is 0.251 e. The van der Waals surface area contributed by atoms with Gasteiger partial charge in [-0.3, -0.25) is 9.69 Å². The molecule has 35 heavy (non-hydrogen) atoms. The number of hydrogen-bond donors (Lipinski definition) is 2. The van der Waals surface area contributed by atoms with Gasteiger partial charge in [0.05, 0.1) is 11.7 Å². The van der Waals surface area contributed by atoms with Crippen molar-refractivity contribution >= 4 is 28.2 Å². The molecule has 1 aliphatic rings. The number of carbonyl (C=O) groups is 1. The molecule has 1 aliphatic heterocycles. The van der Waals surface area contributed by atoms with Gasteiger partial charge in [-0.05, 0) is 55.6 Å². The molecule has 0 aliphatic carbocycles. The van der Waals surface area contributed by atoms with Crippen molar-refractivity contribution in [2.45, 2.75) is 0 Å². The molecule has 4 aromatic rings. The summed E-state index contributed by atoms with van der Waals surface area (Å²) in [5, 5.41) is 11.6. The Hall–Kier alpha value is -3.82. The van der Waals surface area contributed by atoms with Gasteiger partial charge in [0.2, 0.25) is 0 Å². The summed E-state index contributed by atoms with van der Waals surface area (Å²) in [4.78, 5) is 21.8. The average Bonchev–Trinajstić information content (AvgIpc) is 3.29. The minimum Gasteiger partial charge on any atom is -0.355 e. The molecule has 180 valence electrons. The third-order valence-electron chi connectivity index (χ3n) is 6.22. The van der Waals surface area contributed by atoms with Crippen molar-refractivity contribution in [1.82, 2.24) is 29.9 Å². The summed E-state index contributed by atoms with van der Waals surface area (Å²) in [5.41, 5.74) is 2.89. The van der Waals surface area contributed by atoms with Crippen molar-refractivity contribution in [3.8, 4) is 5.82 Å². The lowest BCUT2D eigenvalue weighted by Gasteiger charge is -2.32. The molecule has 2 aromatic heterocycles. The summed E-state index contributed by atoms with van der Waals surface area (Å²) in [6.45, 7) is 5.61. The zero-order valence-electron chi connectivity index (χ0n) is 19.6. The molecule has 9 heteroatoms. The van der Waals surface area contributed by atoms with Crippen LogP contribution in [-0.4, -0.2) is 76.8 Å². The summed E-state index contributed by atoms with van der Waals surface area (Å²) in [5.74, 6) is 0.150. The Morgan fingerprint density at radius 3 is 2.69 bits per heavy atom. The van der Waals surface area contributed by atoms with Gasteiger partial charge in [-0.1, -0.05) is 6.07 Å². The number of pyridine rings is 1. The summed E-state index contributed by atoms with van der Waals surface area (Å²) in [6, 6.07) is 15.6. The topological polar surface area (TPSA) is 78.3 Å². The number of likely N-dealkylation sites (N-methyl/N-ethyl adjacent to an activating group) is 1. The van der Waals surface area contributed by atoms with Crippen LogP contribution in [0.25, 0.3) is 16.7 Å². The van der Waals surface area contributed by atoms with Gasteiger partial charge in [0.1, 0.15) is 5.82 Å².